The Morgan fingerprint density at radius 2 is 1.88 bits per heavy atom. The van der Waals surface area contributed by atoms with Crippen LogP contribution in [0.1, 0.15) is 66.2 Å². The minimum Gasteiger partial charge on any atom is -0.349 e. The summed E-state index contributed by atoms with van der Waals surface area (Å²) < 4.78 is 2.05. The Balaban J connectivity index is 1.45. The minimum atomic E-state index is -0.350. The molecule has 2 aromatic carbocycles. The van der Waals surface area contributed by atoms with Crippen molar-refractivity contribution in [2.24, 2.45) is 0 Å². The second-order valence-electron chi connectivity index (χ2n) is 8.57. The Bertz CT molecular complexity index is 1070. The van der Waals surface area contributed by atoms with Crippen LogP contribution < -0.4 is 10.6 Å². The lowest BCUT2D eigenvalue weighted by molar-refractivity contribution is -0.123. The van der Waals surface area contributed by atoms with Crippen LogP contribution in [-0.2, 0) is 22.6 Å². The van der Waals surface area contributed by atoms with Gasteiger partial charge < -0.3 is 10.6 Å². The van der Waals surface area contributed by atoms with E-state index in [1.54, 1.807) is 0 Å². The van der Waals surface area contributed by atoms with Crippen molar-refractivity contribution in [3.8, 4) is 0 Å². The van der Waals surface area contributed by atoms with Gasteiger partial charge in [-0.1, -0.05) is 60.2 Å². The number of benzene rings is 2. The number of carbonyl (C=O) groups is 2. The van der Waals surface area contributed by atoms with E-state index >= 15 is 0 Å². The molecule has 1 aromatic heterocycles. The number of aryl methyl sites for hydroxylation is 1. The first kappa shape index (κ1) is 21.8. The number of hydrogen-bond acceptors (Lipinski definition) is 3. The highest BCUT2D eigenvalue weighted by Gasteiger charge is 2.27. The predicted molar refractivity (Wildman–Crippen MR) is 124 cm³/mol. The zero-order chi connectivity index (χ0) is 22.5. The Kier molecular flexibility index (Phi) is 6.69. The van der Waals surface area contributed by atoms with E-state index in [2.05, 4.69) is 32.5 Å². The van der Waals surface area contributed by atoms with Crippen molar-refractivity contribution < 1.29 is 9.59 Å². The molecule has 1 aliphatic rings. The quantitative estimate of drug-likeness (QED) is 0.595. The summed E-state index contributed by atoms with van der Waals surface area (Å²) in [5.41, 5.74) is 5.58. The predicted octanol–water partition coefficient (Wildman–Crippen LogP) is 4.00. The molecule has 2 atom stereocenters. The second kappa shape index (κ2) is 9.81. The molecule has 0 saturated heterocycles. The van der Waals surface area contributed by atoms with E-state index in [1.165, 1.54) is 18.2 Å². The first-order chi connectivity index (χ1) is 15.5. The fraction of sp³-hybridized carbons (Fsp3) is 0.346. The van der Waals surface area contributed by atoms with Crippen molar-refractivity contribution in [3.05, 3.63) is 88.7 Å². The molecule has 1 aliphatic carbocycles. The summed E-state index contributed by atoms with van der Waals surface area (Å²) in [4.78, 5) is 24.7. The van der Waals surface area contributed by atoms with E-state index in [0.29, 0.717) is 0 Å². The van der Waals surface area contributed by atoms with Gasteiger partial charge >= 0.3 is 0 Å². The summed E-state index contributed by atoms with van der Waals surface area (Å²) in [6.45, 7) is 4.23. The molecule has 0 fully saturated rings. The highest BCUT2D eigenvalue weighted by molar-refractivity contribution is 5.79. The van der Waals surface area contributed by atoms with Gasteiger partial charge in [-0.2, -0.15) is 5.10 Å². The molecule has 0 bridgehead atoms. The summed E-state index contributed by atoms with van der Waals surface area (Å²) in [6.07, 6.45) is 4.96. The second-order valence-corrected chi connectivity index (χ2v) is 8.57. The van der Waals surface area contributed by atoms with Gasteiger partial charge in [0.15, 0.2) is 0 Å². The third kappa shape index (κ3) is 5.25. The van der Waals surface area contributed by atoms with E-state index in [0.717, 1.165) is 42.5 Å². The summed E-state index contributed by atoms with van der Waals surface area (Å²) in [5.74, 6) is -0.219. The van der Waals surface area contributed by atoms with Crippen molar-refractivity contribution in [1.29, 1.82) is 0 Å². The molecule has 0 radical (unpaired) electrons. The molecule has 1 heterocycles. The normalized spacial score (nSPS) is 16.1. The average molecular weight is 431 g/mol. The van der Waals surface area contributed by atoms with Crippen molar-refractivity contribution in [2.45, 2.75) is 58.2 Å². The number of hydrogen-bond donors (Lipinski definition) is 2. The molecule has 0 aliphatic heterocycles. The lowest BCUT2D eigenvalue weighted by Crippen LogP contribution is -2.35. The average Bonchev–Trinajstić information content (AvgIpc) is 3.18. The van der Waals surface area contributed by atoms with E-state index < -0.39 is 0 Å². The van der Waals surface area contributed by atoms with Gasteiger partial charge in [0, 0.05) is 18.2 Å². The highest BCUT2D eigenvalue weighted by atomic mass is 16.2. The molecule has 32 heavy (non-hydrogen) atoms. The first-order valence-electron chi connectivity index (χ1n) is 11.2. The Labute approximate surface area is 189 Å². The number of carbonyl (C=O) groups excluding carboxylic acids is 2. The molecular weight excluding hydrogens is 400 g/mol. The summed E-state index contributed by atoms with van der Waals surface area (Å²) in [5, 5.41) is 10.7. The van der Waals surface area contributed by atoms with Crippen molar-refractivity contribution >= 4 is 11.8 Å². The molecule has 2 unspecified atom stereocenters. The van der Waals surface area contributed by atoms with E-state index in [-0.39, 0.29) is 30.3 Å². The molecule has 0 spiro atoms. The lowest BCUT2D eigenvalue weighted by atomic mass is 9.92. The van der Waals surface area contributed by atoms with Crippen LogP contribution in [-0.4, -0.2) is 21.6 Å². The number of amides is 2. The Hall–Kier alpha value is -3.41. The lowest BCUT2D eigenvalue weighted by Gasteiger charge is -2.26. The molecule has 4 rings (SSSR count). The van der Waals surface area contributed by atoms with E-state index in [4.69, 9.17) is 0 Å². The maximum absolute atomic E-state index is 13.0. The number of rotatable bonds is 7. The number of nitrogens with zero attached hydrogens (tertiary/aromatic N) is 2. The molecule has 2 N–H and O–H groups in total. The summed E-state index contributed by atoms with van der Waals surface area (Å²) in [6, 6.07) is 17.8. The molecule has 3 aromatic rings. The maximum Gasteiger partial charge on any atom is 0.222 e. The van der Waals surface area contributed by atoms with Gasteiger partial charge in [0.2, 0.25) is 11.8 Å². The number of fused-ring (bicyclic) bond motifs is 1. The summed E-state index contributed by atoms with van der Waals surface area (Å²) >= 11 is 0. The third-order valence-electron chi connectivity index (χ3n) is 6.02. The van der Waals surface area contributed by atoms with Gasteiger partial charge in [-0.15, -0.1) is 0 Å². The van der Waals surface area contributed by atoms with E-state index in [9.17, 15) is 9.59 Å². The van der Waals surface area contributed by atoms with Gasteiger partial charge in [-0.3, -0.25) is 14.3 Å². The fourth-order valence-corrected chi connectivity index (χ4v) is 4.40. The molecular formula is C26H30N4O2. The Morgan fingerprint density at radius 1 is 1.12 bits per heavy atom. The van der Waals surface area contributed by atoms with Gasteiger partial charge in [0.25, 0.3) is 0 Å². The van der Waals surface area contributed by atoms with Crippen LogP contribution in [0.4, 0.5) is 0 Å². The van der Waals surface area contributed by atoms with Gasteiger partial charge in [-0.05, 0) is 37.3 Å². The zero-order valence-corrected chi connectivity index (χ0v) is 18.7. The third-order valence-corrected chi connectivity index (χ3v) is 6.02. The standard InChI is InChI=1S/C26H30N4O2/c1-18-11-13-21(14-12-18)24(28-19(2)31)15-26(32)29-23-9-6-10-25-22(23)16-27-30(25)17-20-7-4-3-5-8-20/h3-5,7-8,11-14,16,23-24H,6,9-10,15,17H2,1-2H3,(H,28,31)(H,29,32). The van der Waals surface area contributed by atoms with E-state index in [1.807, 2.05) is 55.6 Å². The monoisotopic (exact) mass is 430 g/mol. The molecule has 0 saturated carbocycles. The summed E-state index contributed by atoms with van der Waals surface area (Å²) in [7, 11) is 0. The minimum absolute atomic E-state index is 0.0493. The Morgan fingerprint density at radius 3 is 2.59 bits per heavy atom. The smallest absolute Gasteiger partial charge is 0.222 e. The van der Waals surface area contributed by atoms with Gasteiger partial charge in [0.05, 0.1) is 31.2 Å². The van der Waals surface area contributed by atoms with Gasteiger partial charge in [-0.25, -0.2) is 0 Å². The van der Waals surface area contributed by atoms with Crippen molar-refractivity contribution in [1.82, 2.24) is 20.4 Å². The fourth-order valence-electron chi connectivity index (χ4n) is 4.40. The van der Waals surface area contributed by atoms with Gasteiger partial charge in [0.1, 0.15) is 0 Å². The SMILES string of the molecule is CC(=O)NC(CC(=O)NC1CCCc2c1cnn2Cc1ccccc1)c1ccc(C)cc1. The van der Waals surface area contributed by atoms with Crippen molar-refractivity contribution in [2.75, 3.05) is 0 Å². The van der Waals surface area contributed by atoms with Crippen LogP contribution in [0.2, 0.25) is 0 Å². The zero-order valence-electron chi connectivity index (χ0n) is 18.7. The molecule has 6 heteroatoms. The van der Waals surface area contributed by atoms with Crippen LogP contribution in [0.3, 0.4) is 0 Å². The van der Waals surface area contributed by atoms with Crippen LogP contribution in [0.15, 0.2) is 60.8 Å². The molecule has 2 amide bonds. The highest BCUT2D eigenvalue weighted by Crippen LogP contribution is 2.30. The first-order valence-corrected chi connectivity index (χ1v) is 11.2. The van der Waals surface area contributed by atoms with Crippen LogP contribution in [0.25, 0.3) is 0 Å². The molecule has 6 nitrogen and oxygen atoms in total. The maximum atomic E-state index is 13.0. The van der Waals surface area contributed by atoms with Crippen molar-refractivity contribution in [3.63, 3.8) is 0 Å². The largest absolute Gasteiger partial charge is 0.349 e. The number of aromatic nitrogens is 2. The van der Waals surface area contributed by atoms with Crippen LogP contribution in [0, 0.1) is 6.92 Å². The van der Waals surface area contributed by atoms with Crippen LogP contribution >= 0.6 is 0 Å². The number of nitrogens with one attached hydrogen (secondary N) is 2. The topological polar surface area (TPSA) is 76.0 Å². The van der Waals surface area contributed by atoms with Crippen LogP contribution in [0.5, 0.6) is 0 Å². The molecule has 166 valence electrons.